The summed E-state index contributed by atoms with van der Waals surface area (Å²) in [5, 5.41) is 3.15. The van der Waals surface area contributed by atoms with E-state index in [0.717, 1.165) is 11.3 Å². The molecule has 0 saturated heterocycles. The van der Waals surface area contributed by atoms with Crippen molar-refractivity contribution in [3.8, 4) is 11.5 Å². The second-order valence-electron chi connectivity index (χ2n) is 4.90. The van der Waals surface area contributed by atoms with Crippen molar-refractivity contribution in [3.05, 3.63) is 59.3 Å². The van der Waals surface area contributed by atoms with Gasteiger partial charge in [0.05, 0.1) is 19.4 Å². The number of hydrogen-bond donors (Lipinski definition) is 1. The van der Waals surface area contributed by atoms with Crippen molar-refractivity contribution in [1.82, 2.24) is 0 Å². The van der Waals surface area contributed by atoms with Crippen molar-refractivity contribution in [1.29, 1.82) is 0 Å². The van der Waals surface area contributed by atoms with Gasteiger partial charge in [0.15, 0.2) is 11.5 Å². The fraction of sp³-hybridized carbons (Fsp3) is 0.167. The molecule has 0 saturated carbocycles. The smallest absolute Gasteiger partial charge is 0.211 e. The van der Waals surface area contributed by atoms with Gasteiger partial charge in [0.1, 0.15) is 0 Å². The molecule has 0 unspecified atom stereocenters. The van der Waals surface area contributed by atoms with Gasteiger partial charge in [0.25, 0.3) is 0 Å². The van der Waals surface area contributed by atoms with Gasteiger partial charge in [-0.05, 0) is 42.8 Å². The summed E-state index contributed by atoms with van der Waals surface area (Å²) >= 11 is 0. The number of hydrogen-bond acceptors (Lipinski definition) is 4. The molecule has 22 heavy (non-hydrogen) atoms. The number of ketones is 1. The zero-order chi connectivity index (χ0) is 15.5. The summed E-state index contributed by atoms with van der Waals surface area (Å²) < 4.78 is 10.8. The lowest BCUT2D eigenvalue weighted by atomic mass is 10.1. The minimum atomic E-state index is 0.00320. The first-order valence-corrected chi connectivity index (χ1v) is 7.16. The molecule has 0 aliphatic carbocycles. The number of anilines is 1. The van der Waals surface area contributed by atoms with E-state index in [1.165, 1.54) is 0 Å². The molecular weight excluding hydrogens is 278 g/mol. The molecule has 0 spiro atoms. The zero-order valence-electron chi connectivity index (χ0n) is 12.6. The number of carbonyl (C=O) groups excluding carboxylic acids is 1. The van der Waals surface area contributed by atoms with Crippen molar-refractivity contribution in [2.24, 2.45) is 0 Å². The average molecular weight is 295 g/mol. The van der Waals surface area contributed by atoms with Gasteiger partial charge in [-0.25, -0.2) is 0 Å². The van der Waals surface area contributed by atoms with Gasteiger partial charge in [-0.15, -0.1) is 0 Å². The summed E-state index contributed by atoms with van der Waals surface area (Å²) in [5.74, 6) is 1.35. The maximum Gasteiger partial charge on any atom is 0.211 e. The lowest BCUT2D eigenvalue weighted by Gasteiger charge is -2.09. The summed E-state index contributed by atoms with van der Waals surface area (Å²) in [5.41, 5.74) is 2.99. The molecule has 0 atom stereocenters. The average Bonchev–Trinajstić information content (AvgIpc) is 2.85. The second kappa shape index (κ2) is 5.93. The quantitative estimate of drug-likeness (QED) is 0.873. The predicted molar refractivity (Wildman–Crippen MR) is 86.5 cm³/mol. The van der Waals surface area contributed by atoms with Crippen LogP contribution in [-0.2, 0) is 0 Å². The Balaban J connectivity index is 1.92. The van der Waals surface area contributed by atoms with Crippen LogP contribution in [0.5, 0.6) is 11.5 Å². The van der Waals surface area contributed by atoms with Crippen LogP contribution in [0.25, 0.3) is 6.08 Å². The van der Waals surface area contributed by atoms with Crippen LogP contribution >= 0.6 is 0 Å². The number of rotatable bonds is 4. The van der Waals surface area contributed by atoms with Crippen LogP contribution < -0.4 is 14.8 Å². The van der Waals surface area contributed by atoms with E-state index in [2.05, 4.69) is 5.32 Å². The Hall–Kier alpha value is -2.75. The maximum absolute atomic E-state index is 12.3. The standard InChI is InChI=1S/C18H17NO3/c1-3-22-16-9-8-12(11-17(16)21-2)10-15-18(20)13-6-4-5-7-14(13)19-15/h4-11,19H,3H2,1-2H3/b15-10-. The van der Waals surface area contributed by atoms with Crippen molar-refractivity contribution < 1.29 is 14.3 Å². The maximum atomic E-state index is 12.3. The van der Waals surface area contributed by atoms with Crippen LogP contribution in [0.2, 0.25) is 0 Å². The van der Waals surface area contributed by atoms with Crippen molar-refractivity contribution >= 4 is 17.5 Å². The van der Waals surface area contributed by atoms with Gasteiger partial charge in [-0.3, -0.25) is 4.79 Å². The van der Waals surface area contributed by atoms with Crippen LogP contribution in [0, 0.1) is 0 Å². The second-order valence-corrected chi connectivity index (χ2v) is 4.90. The monoisotopic (exact) mass is 295 g/mol. The number of allylic oxidation sites excluding steroid dienone is 1. The fourth-order valence-electron chi connectivity index (χ4n) is 2.45. The van der Waals surface area contributed by atoms with Crippen LogP contribution in [0.15, 0.2) is 48.2 Å². The van der Waals surface area contributed by atoms with E-state index in [0.29, 0.717) is 29.4 Å². The first-order chi connectivity index (χ1) is 10.7. The molecule has 2 aromatic rings. The van der Waals surface area contributed by atoms with Crippen molar-refractivity contribution in [2.45, 2.75) is 6.92 Å². The first kappa shape index (κ1) is 14.2. The zero-order valence-corrected chi connectivity index (χ0v) is 12.6. The normalized spacial score (nSPS) is 14.6. The van der Waals surface area contributed by atoms with Gasteiger partial charge in [-0.1, -0.05) is 18.2 Å². The van der Waals surface area contributed by atoms with Crippen molar-refractivity contribution in [3.63, 3.8) is 0 Å². The van der Waals surface area contributed by atoms with Gasteiger partial charge >= 0.3 is 0 Å². The number of methoxy groups -OCH3 is 1. The molecule has 1 N–H and O–H groups in total. The Morgan fingerprint density at radius 2 is 1.95 bits per heavy atom. The van der Waals surface area contributed by atoms with E-state index in [1.54, 1.807) is 7.11 Å². The topological polar surface area (TPSA) is 47.6 Å². The lowest BCUT2D eigenvalue weighted by Crippen LogP contribution is -2.00. The minimum absolute atomic E-state index is 0.00320. The SMILES string of the molecule is CCOc1ccc(/C=C2\Nc3ccccc3C2=O)cc1OC. The van der Waals surface area contributed by atoms with Gasteiger partial charge in [0.2, 0.25) is 5.78 Å². The minimum Gasteiger partial charge on any atom is -0.493 e. The van der Waals surface area contributed by atoms with E-state index in [-0.39, 0.29) is 5.78 Å². The highest BCUT2D eigenvalue weighted by Gasteiger charge is 2.23. The predicted octanol–water partition coefficient (Wildman–Crippen LogP) is 3.74. The van der Waals surface area contributed by atoms with E-state index in [4.69, 9.17) is 9.47 Å². The van der Waals surface area contributed by atoms with Crippen LogP contribution in [0.1, 0.15) is 22.8 Å². The molecule has 0 aromatic heterocycles. The van der Waals surface area contributed by atoms with E-state index >= 15 is 0 Å². The fourth-order valence-corrected chi connectivity index (χ4v) is 2.45. The molecule has 4 nitrogen and oxygen atoms in total. The van der Waals surface area contributed by atoms with Crippen LogP contribution in [-0.4, -0.2) is 19.5 Å². The molecule has 0 bridgehead atoms. The van der Waals surface area contributed by atoms with Crippen LogP contribution in [0.3, 0.4) is 0 Å². The number of para-hydroxylation sites is 1. The number of benzene rings is 2. The number of Topliss-reactive ketones (excluding diaryl/α,β-unsaturated/α-hetero) is 1. The largest absolute Gasteiger partial charge is 0.493 e. The molecule has 0 amide bonds. The summed E-state index contributed by atoms with van der Waals surface area (Å²) in [7, 11) is 1.60. The summed E-state index contributed by atoms with van der Waals surface area (Å²) in [4.78, 5) is 12.3. The van der Waals surface area contributed by atoms with Gasteiger partial charge in [-0.2, -0.15) is 0 Å². The molecule has 2 aromatic carbocycles. The highest BCUT2D eigenvalue weighted by molar-refractivity contribution is 6.20. The molecule has 1 heterocycles. The number of carbonyl (C=O) groups is 1. The number of nitrogens with one attached hydrogen (secondary N) is 1. The third kappa shape index (κ3) is 2.55. The molecule has 0 fully saturated rings. The molecule has 0 radical (unpaired) electrons. The molecule has 1 aliphatic heterocycles. The Morgan fingerprint density at radius 3 is 2.68 bits per heavy atom. The highest BCUT2D eigenvalue weighted by atomic mass is 16.5. The Kier molecular flexibility index (Phi) is 3.83. The summed E-state index contributed by atoms with van der Waals surface area (Å²) in [6, 6.07) is 13.1. The number of ether oxygens (including phenoxy) is 2. The molecule has 112 valence electrons. The molecule has 3 rings (SSSR count). The Morgan fingerprint density at radius 1 is 1.14 bits per heavy atom. The lowest BCUT2D eigenvalue weighted by molar-refractivity contribution is 0.104. The van der Waals surface area contributed by atoms with Crippen LogP contribution in [0.4, 0.5) is 5.69 Å². The summed E-state index contributed by atoms with van der Waals surface area (Å²) in [6.07, 6.45) is 1.82. The Bertz CT molecular complexity index is 750. The van der Waals surface area contributed by atoms with Gasteiger partial charge in [0, 0.05) is 11.3 Å². The molecule has 4 heteroatoms. The van der Waals surface area contributed by atoms with Gasteiger partial charge < -0.3 is 14.8 Å². The highest BCUT2D eigenvalue weighted by Crippen LogP contribution is 2.31. The first-order valence-electron chi connectivity index (χ1n) is 7.16. The number of fused-ring (bicyclic) bond motifs is 1. The third-order valence-electron chi connectivity index (χ3n) is 3.48. The third-order valence-corrected chi connectivity index (χ3v) is 3.48. The molecular formula is C18H17NO3. The molecule has 1 aliphatic rings. The Labute approximate surface area is 129 Å². The van der Waals surface area contributed by atoms with E-state index in [9.17, 15) is 4.79 Å². The van der Waals surface area contributed by atoms with E-state index < -0.39 is 0 Å². The van der Waals surface area contributed by atoms with Crippen molar-refractivity contribution in [2.75, 3.05) is 19.0 Å². The van der Waals surface area contributed by atoms with E-state index in [1.807, 2.05) is 55.5 Å². The summed E-state index contributed by atoms with van der Waals surface area (Å²) in [6.45, 7) is 2.50.